The normalized spacial score (nSPS) is 11.9. The third-order valence-electron chi connectivity index (χ3n) is 2.73. The van der Waals surface area contributed by atoms with E-state index in [-0.39, 0.29) is 12.6 Å². The van der Waals surface area contributed by atoms with Crippen molar-refractivity contribution in [2.75, 3.05) is 6.54 Å². The Balaban J connectivity index is 2.28. The molecule has 1 amide bonds. The number of alkyl carbamates (subject to hydrolysis) is 1. The highest BCUT2D eigenvalue weighted by Crippen LogP contribution is 2.02. The van der Waals surface area contributed by atoms with E-state index in [0.717, 1.165) is 24.8 Å². The minimum Gasteiger partial charge on any atom is -0.445 e. The van der Waals surface area contributed by atoms with Crippen LogP contribution in [0, 0.1) is 0 Å². The molecule has 1 rings (SSSR count). The smallest absolute Gasteiger partial charge is 0.407 e. The van der Waals surface area contributed by atoms with Gasteiger partial charge in [0, 0.05) is 12.6 Å². The van der Waals surface area contributed by atoms with E-state index in [1.807, 2.05) is 30.3 Å². The van der Waals surface area contributed by atoms with Crippen LogP contribution in [-0.2, 0) is 11.3 Å². The van der Waals surface area contributed by atoms with Crippen LogP contribution >= 0.6 is 0 Å². The maximum absolute atomic E-state index is 11.6. The van der Waals surface area contributed by atoms with E-state index in [9.17, 15) is 4.79 Å². The lowest BCUT2D eigenvalue weighted by molar-refractivity contribution is 0.135. The van der Waals surface area contributed by atoms with Gasteiger partial charge in [-0.3, -0.25) is 0 Å². The molecule has 0 bridgehead atoms. The number of carbonyl (C=O) groups excluding carboxylic acids is 1. The minimum atomic E-state index is -0.398. The number of nitrogens with one attached hydrogen (secondary N) is 1. The summed E-state index contributed by atoms with van der Waals surface area (Å²) in [6.07, 6.45) is 2.65. The van der Waals surface area contributed by atoms with Gasteiger partial charge in [0.1, 0.15) is 6.61 Å². The zero-order valence-electron chi connectivity index (χ0n) is 10.9. The molecule has 0 aromatic heterocycles. The second kappa shape index (κ2) is 8.53. The molecular formula is C14H22N2O2. The number of benzene rings is 1. The first-order valence-electron chi connectivity index (χ1n) is 6.43. The van der Waals surface area contributed by atoms with E-state index in [2.05, 4.69) is 12.2 Å². The highest BCUT2D eigenvalue weighted by atomic mass is 16.5. The van der Waals surface area contributed by atoms with Crippen molar-refractivity contribution in [3.05, 3.63) is 35.9 Å². The number of ether oxygens (including phenoxy) is 1. The van der Waals surface area contributed by atoms with Crippen molar-refractivity contribution in [1.82, 2.24) is 5.32 Å². The molecule has 0 heterocycles. The van der Waals surface area contributed by atoms with E-state index < -0.39 is 6.09 Å². The van der Waals surface area contributed by atoms with Gasteiger partial charge in [0.25, 0.3) is 0 Å². The van der Waals surface area contributed by atoms with Crippen molar-refractivity contribution >= 4 is 6.09 Å². The number of unbranched alkanes of at least 4 members (excludes halogenated alkanes) is 1. The Kier molecular flexibility index (Phi) is 6.87. The predicted molar refractivity (Wildman–Crippen MR) is 72.1 cm³/mol. The van der Waals surface area contributed by atoms with E-state index in [1.54, 1.807) is 0 Å². The van der Waals surface area contributed by atoms with E-state index in [0.29, 0.717) is 6.54 Å². The third-order valence-corrected chi connectivity index (χ3v) is 2.73. The summed E-state index contributed by atoms with van der Waals surface area (Å²) < 4.78 is 5.13. The van der Waals surface area contributed by atoms with Crippen molar-refractivity contribution in [3.8, 4) is 0 Å². The average Bonchev–Trinajstić information content (AvgIpc) is 2.42. The first kappa shape index (κ1) is 14.5. The summed E-state index contributed by atoms with van der Waals surface area (Å²) in [6, 6.07) is 9.61. The number of amides is 1. The molecule has 0 aliphatic rings. The van der Waals surface area contributed by atoms with Gasteiger partial charge in [-0.2, -0.15) is 0 Å². The van der Waals surface area contributed by atoms with Gasteiger partial charge in [0.15, 0.2) is 0 Å². The second-order valence-corrected chi connectivity index (χ2v) is 4.28. The Bertz CT molecular complexity index is 341. The van der Waals surface area contributed by atoms with Crippen molar-refractivity contribution in [2.24, 2.45) is 5.73 Å². The Morgan fingerprint density at radius 2 is 2.11 bits per heavy atom. The Labute approximate surface area is 109 Å². The number of hydrogen-bond donors (Lipinski definition) is 2. The van der Waals surface area contributed by atoms with Gasteiger partial charge in [-0.05, 0) is 12.0 Å². The summed E-state index contributed by atoms with van der Waals surface area (Å²) in [4.78, 5) is 11.6. The maximum Gasteiger partial charge on any atom is 0.407 e. The molecule has 4 nitrogen and oxygen atoms in total. The first-order chi connectivity index (χ1) is 8.76. The van der Waals surface area contributed by atoms with Crippen LogP contribution in [0.5, 0.6) is 0 Å². The summed E-state index contributed by atoms with van der Waals surface area (Å²) in [5.41, 5.74) is 6.58. The molecule has 1 atom stereocenters. The fourth-order valence-electron chi connectivity index (χ4n) is 1.63. The summed E-state index contributed by atoms with van der Waals surface area (Å²) in [5.74, 6) is 0. The molecule has 0 saturated heterocycles. The number of nitrogens with two attached hydrogens (primary N) is 1. The zero-order chi connectivity index (χ0) is 13.2. The third kappa shape index (κ3) is 5.68. The Morgan fingerprint density at radius 3 is 2.72 bits per heavy atom. The van der Waals surface area contributed by atoms with E-state index in [4.69, 9.17) is 10.5 Å². The predicted octanol–water partition coefficient (Wildman–Crippen LogP) is 2.43. The molecular weight excluding hydrogens is 228 g/mol. The topological polar surface area (TPSA) is 64.3 Å². The SMILES string of the molecule is CCCC[C@@H](CN)NC(=O)OCc1ccccc1. The summed E-state index contributed by atoms with van der Waals surface area (Å²) >= 11 is 0. The van der Waals surface area contributed by atoms with Gasteiger partial charge in [0.05, 0.1) is 0 Å². The van der Waals surface area contributed by atoms with Gasteiger partial charge >= 0.3 is 6.09 Å². The molecule has 0 fully saturated rings. The molecule has 3 N–H and O–H groups in total. The zero-order valence-corrected chi connectivity index (χ0v) is 10.9. The quantitative estimate of drug-likeness (QED) is 0.781. The molecule has 4 heteroatoms. The van der Waals surface area contributed by atoms with E-state index in [1.165, 1.54) is 0 Å². The molecule has 0 aliphatic heterocycles. The summed E-state index contributed by atoms with van der Waals surface area (Å²) in [6.45, 7) is 2.85. The summed E-state index contributed by atoms with van der Waals surface area (Å²) in [5, 5.41) is 2.79. The highest BCUT2D eigenvalue weighted by Gasteiger charge is 2.10. The molecule has 18 heavy (non-hydrogen) atoms. The lowest BCUT2D eigenvalue weighted by atomic mass is 10.1. The van der Waals surface area contributed by atoms with Crippen LogP contribution in [0.15, 0.2) is 30.3 Å². The highest BCUT2D eigenvalue weighted by molar-refractivity contribution is 5.67. The Hall–Kier alpha value is -1.55. The number of hydrogen-bond acceptors (Lipinski definition) is 3. The number of rotatable bonds is 7. The molecule has 0 unspecified atom stereocenters. The fourth-order valence-corrected chi connectivity index (χ4v) is 1.63. The molecule has 0 radical (unpaired) electrons. The van der Waals surface area contributed by atoms with Crippen molar-refractivity contribution in [1.29, 1.82) is 0 Å². The molecule has 0 saturated carbocycles. The van der Waals surface area contributed by atoms with Gasteiger partial charge in [-0.1, -0.05) is 50.1 Å². The lowest BCUT2D eigenvalue weighted by Gasteiger charge is -2.16. The van der Waals surface area contributed by atoms with Crippen LogP contribution in [0.1, 0.15) is 31.7 Å². The van der Waals surface area contributed by atoms with Gasteiger partial charge in [0.2, 0.25) is 0 Å². The van der Waals surface area contributed by atoms with Crippen LogP contribution in [0.4, 0.5) is 4.79 Å². The largest absolute Gasteiger partial charge is 0.445 e. The fraction of sp³-hybridized carbons (Fsp3) is 0.500. The molecule has 0 spiro atoms. The lowest BCUT2D eigenvalue weighted by Crippen LogP contribution is -2.40. The molecule has 1 aromatic rings. The van der Waals surface area contributed by atoms with Crippen LogP contribution in [0.25, 0.3) is 0 Å². The van der Waals surface area contributed by atoms with Crippen LogP contribution in [0.2, 0.25) is 0 Å². The minimum absolute atomic E-state index is 0.00761. The molecule has 0 aliphatic carbocycles. The van der Waals surface area contributed by atoms with Gasteiger partial charge < -0.3 is 15.8 Å². The second-order valence-electron chi connectivity index (χ2n) is 4.28. The summed E-state index contributed by atoms with van der Waals surface area (Å²) in [7, 11) is 0. The van der Waals surface area contributed by atoms with Crippen molar-refractivity contribution in [2.45, 2.75) is 38.8 Å². The molecule has 100 valence electrons. The van der Waals surface area contributed by atoms with Crippen LogP contribution in [0.3, 0.4) is 0 Å². The maximum atomic E-state index is 11.6. The standard InChI is InChI=1S/C14H22N2O2/c1-2-3-9-13(10-15)16-14(17)18-11-12-7-5-4-6-8-12/h4-8,13H,2-3,9-11,15H2,1H3,(H,16,17)/t13-/m0/s1. The van der Waals surface area contributed by atoms with Gasteiger partial charge in [-0.15, -0.1) is 0 Å². The first-order valence-corrected chi connectivity index (χ1v) is 6.43. The monoisotopic (exact) mass is 250 g/mol. The average molecular weight is 250 g/mol. The van der Waals surface area contributed by atoms with Crippen molar-refractivity contribution < 1.29 is 9.53 Å². The Morgan fingerprint density at radius 1 is 1.39 bits per heavy atom. The van der Waals surface area contributed by atoms with E-state index >= 15 is 0 Å². The van der Waals surface area contributed by atoms with Crippen LogP contribution < -0.4 is 11.1 Å². The van der Waals surface area contributed by atoms with Crippen molar-refractivity contribution in [3.63, 3.8) is 0 Å². The number of carbonyl (C=O) groups is 1. The molecule has 1 aromatic carbocycles. The van der Waals surface area contributed by atoms with Gasteiger partial charge in [-0.25, -0.2) is 4.79 Å². The van der Waals surface area contributed by atoms with Crippen LogP contribution in [-0.4, -0.2) is 18.7 Å².